The van der Waals surface area contributed by atoms with Gasteiger partial charge in [-0.05, 0) is 97.1 Å². The molecule has 0 amide bonds. The maximum absolute atomic E-state index is 4.92. The summed E-state index contributed by atoms with van der Waals surface area (Å²) in [5.41, 5.74) is 10.2. The van der Waals surface area contributed by atoms with Crippen LogP contribution in [0.25, 0.3) is 57.7 Å². The molecule has 0 saturated carbocycles. The maximum atomic E-state index is 4.92. The topological polar surface area (TPSA) is 35.6 Å². The lowest BCUT2D eigenvalue weighted by Gasteiger charge is -2.06. The Bertz CT molecular complexity index is 1600. The van der Waals surface area contributed by atoms with Gasteiger partial charge in [0.1, 0.15) is 0 Å². The van der Waals surface area contributed by atoms with Gasteiger partial charge in [-0.1, -0.05) is 36.4 Å². The smallest absolute Gasteiger partial charge is 0.0658 e. The van der Waals surface area contributed by atoms with Crippen molar-refractivity contribution in [3.63, 3.8) is 0 Å². The lowest BCUT2D eigenvalue weighted by molar-refractivity contribution is 1.16. The first-order chi connectivity index (χ1) is 17.8. The maximum Gasteiger partial charge on any atom is 0.0658 e. The van der Waals surface area contributed by atoms with Gasteiger partial charge in [0, 0.05) is 33.4 Å². The number of fused-ring (bicyclic) bond motifs is 8. The summed E-state index contributed by atoms with van der Waals surface area (Å²) in [6.45, 7) is 0. The zero-order chi connectivity index (χ0) is 23.9. The molecule has 0 aliphatic carbocycles. The fourth-order valence-electron chi connectivity index (χ4n) is 4.86. The Kier molecular flexibility index (Phi) is 4.74. The molecular formula is C32H22N4. The van der Waals surface area contributed by atoms with Gasteiger partial charge in [0.2, 0.25) is 0 Å². The van der Waals surface area contributed by atoms with Crippen molar-refractivity contribution in [2.75, 3.05) is 0 Å². The van der Waals surface area contributed by atoms with E-state index in [2.05, 4.69) is 131 Å². The highest BCUT2D eigenvalue weighted by atomic mass is 15.0. The summed E-state index contributed by atoms with van der Waals surface area (Å²) in [4.78, 5) is 9.83. The quantitative estimate of drug-likeness (QED) is 0.265. The third kappa shape index (κ3) is 3.65. The van der Waals surface area contributed by atoms with Gasteiger partial charge < -0.3 is 9.13 Å². The molecule has 2 aromatic carbocycles. The van der Waals surface area contributed by atoms with Crippen molar-refractivity contribution in [3.05, 3.63) is 132 Å². The standard InChI is InChI=1S/C32H22N4/c1-3-7-27(8-4-1)35-29-15-16-30(35)20-24-12-14-26(34-24)22-32-18-17-31(21-25-13-11-23(19-29)33-25)36(32)28-9-5-2-6-10-28/h1-22H. The molecule has 0 unspecified atom stereocenters. The van der Waals surface area contributed by atoms with Gasteiger partial charge in [0.25, 0.3) is 0 Å². The molecule has 2 aliphatic heterocycles. The normalized spacial score (nSPS) is 12.2. The molecule has 0 N–H and O–H groups in total. The second-order valence-corrected chi connectivity index (χ2v) is 8.88. The first kappa shape index (κ1) is 20.4. The van der Waals surface area contributed by atoms with Crippen LogP contribution in [0.4, 0.5) is 0 Å². The summed E-state index contributed by atoms with van der Waals surface area (Å²) < 4.78 is 4.49. The highest BCUT2D eigenvalue weighted by molar-refractivity contribution is 5.80. The molecule has 0 saturated heterocycles. The molecule has 2 aliphatic rings. The average molecular weight is 463 g/mol. The summed E-state index contributed by atoms with van der Waals surface area (Å²) in [6.07, 6.45) is 8.29. The van der Waals surface area contributed by atoms with Gasteiger partial charge in [-0.25, -0.2) is 9.97 Å². The van der Waals surface area contributed by atoms with E-state index < -0.39 is 0 Å². The summed E-state index contributed by atoms with van der Waals surface area (Å²) >= 11 is 0. The van der Waals surface area contributed by atoms with E-state index in [4.69, 9.17) is 9.97 Å². The van der Waals surface area contributed by atoms with Crippen molar-refractivity contribution in [2.24, 2.45) is 0 Å². The Morgan fingerprint density at radius 2 is 0.667 bits per heavy atom. The number of aromatic nitrogens is 4. The first-order valence-corrected chi connectivity index (χ1v) is 12.0. The zero-order valence-electron chi connectivity index (χ0n) is 19.5. The number of para-hydroxylation sites is 2. The van der Waals surface area contributed by atoms with Crippen LogP contribution in [0.5, 0.6) is 0 Å². The van der Waals surface area contributed by atoms with Gasteiger partial charge in [-0.15, -0.1) is 0 Å². The van der Waals surface area contributed by atoms with E-state index in [0.29, 0.717) is 0 Å². The molecular weight excluding hydrogens is 440 g/mol. The van der Waals surface area contributed by atoms with E-state index >= 15 is 0 Å². The first-order valence-electron chi connectivity index (χ1n) is 12.0. The SMILES string of the molecule is C1=Cc2cc3ccc(cc4nc(cc5ccc(cc1n2)n5-c1ccccc1)C=C4)n3-c1ccccc1. The van der Waals surface area contributed by atoms with Crippen molar-refractivity contribution in [3.8, 4) is 11.4 Å². The van der Waals surface area contributed by atoms with Crippen LogP contribution in [-0.4, -0.2) is 19.1 Å². The van der Waals surface area contributed by atoms with Gasteiger partial charge in [0.15, 0.2) is 0 Å². The van der Waals surface area contributed by atoms with Gasteiger partial charge in [-0.3, -0.25) is 0 Å². The molecule has 0 radical (unpaired) electrons. The van der Waals surface area contributed by atoms with Crippen LogP contribution in [0.1, 0.15) is 22.8 Å². The summed E-state index contributed by atoms with van der Waals surface area (Å²) in [7, 11) is 0. The molecule has 36 heavy (non-hydrogen) atoms. The Balaban J connectivity index is 1.58. The van der Waals surface area contributed by atoms with Crippen LogP contribution in [0.3, 0.4) is 0 Å². The van der Waals surface area contributed by atoms with Gasteiger partial charge >= 0.3 is 0 Å². The molecule has 170 valence electrons. The molecule has 5 heterocycles. The van der Waals surface area contributed by atoms with Crippen molar-refractivity contribution in [1.29, 1.82) is 0 Å². The number of hydrogen-bond donors (Lipinski definition) is 0. The summed E-state index contributed by atoms with van der Waals surface area (Å²) in [5, 5.41) is 0. The minimum atomic E-state index is 0.925. The molecule has 4 nitrogen and oxygen atoms in total. The molecule has 0 spiro atoms. The molecule has 5 aromatic rings. The number of benzene rings is 2. The number of rotatable bonds is 2. The molecule has 0 fully saturated rings. The van der Waals surface area contributed by atoms with Gasteiger partial charge in [-0.2, -0.15) is 0 Å². The van der Waals surface area contributed by atoms with Crippen molar-refractivity contribution < 1.29 is 0 Å². The number of nitrogens with zero attached hydrogens (tertiary/aromatic N) is 4. The fourth-order valence-corrected chi connectivity index (χ4v) is 4.86. The van der Waals surface area contributed by atoms with Crippen LogP contribution in [-0.2, 0) is 0 Å². The molecule has 0 atom stereocenters. The molecule has 8 bridgehead atoms. The van der Waals surface area contributed by atoms with Crippen LogP contribution in [0.15, 0.2) is 109 Å². The molecule has 4 heteroatoms. The Morgan fingerprint density at radius 3 is 0.972 bits per heavy atom. The van der Waals surface area contributed by atoms with Crippen molar-refractivity contribution >= 4 is 46.4 Å². The minimum absolute atomic E-state index is 0.925. The van der Waals surface area contributed by atoms with Crippen LogP contribution < -0.4 is 0 Å². The van der Waals surface area contributed by atoms with Crippen molar-refractivity contribution in [2.45, 2.75) is 0 Å². The van der Waals surface area contributed by atoms with E-state index in [9.17, 15) is 0 Å². The highest BCUT2D eigenvalue weighted by Gasteiger charge is 2.08. The van der Waals surface area contributed by atoms with E-state index in [1.807, 2.05) is 12.1 Å². The average Bonchev–Trinajstić information content (AvgIpc) is 3.70. The summed E-state index contributed by atoms with van der Waals surface area (Å²) in [5.74, 6) is 0. The third-order valence-electron chi connectivity index (χ3n) is 6.46. The second-order valence-electron chi connectivity index (χ2n) is 8.88. The minimum Gasteiger partial charge on any atom is -0.310 e. The number of hydrogen-bond acceptors (Lipinski definition) is 2. The second kappa shape index (κ2) is 8.36. The monoisotopic (exact) mass is 462 g/mol. The lowest BCUT2D eigenvalue weighted by Crippen LogP contribution is -1.93. The van der Waals surface area contributed by atoms with E-state index in [-0.39, 0.29) is 0 Å². The summed E-state index contributed by atoms with van der Waals surface area (Å²) in [6, 6.07) is 37.9. The molecule has 7 rings (SSSR count). The predicted molar refractivity (Wildman–Crippen MR) is 149 cm³/mol. The van der Waals surface area contributed by atoms with E-state index in [0.717, 1.165) is 56.2 Å². The zero-order valence-corrected chi connectivity index (χ0v) is 19.5. The van der Waals surface area contributed by atoms with Crippen LogP contribution in [0.2, 0.25) is 0 Å². The van der Waals surface area contributed by atoms with Gasteiger partial charge in [0.05, 0.1) is 22.8 Å². The predicted octanol–water partition coefficient (Wildman–Crippen LogP) is 7.58. The van der Waals surface area contributed by atoms with E-state index in [1.54, 1.807) is 0 Å². The Labute approximate surface area is 208 Å². The van der Waals surface area contributed by atoms with Crippen LogP contribution in [0, 0.1) is 0 Å². The highest BCUT2D eigenvalue weighted by Crippen LogP contribution is 2.24. The van der Waals surface area contributed by atoms with E-state index in [1.165, 1.54) is 0 Å². The van der Waals surface area contributed by atoms with Crippen molar-refractivity contribution in [1.82, 2.24) is 19.1 Å². The Morgan fingerprint density at radius 1 is 0.361 bits per heavy atom. The molecule has 3 aromatic heterocycles. The lowest BCUT2D eigenvalue weighted by atomic mass is 10.3. The Hall–Kier alpha value is -4.96. The largest absolute Gasteiger partial charge is 0.310 e. The van der Waals surface area contributed by atoms with Crippen LogP contribution >= 0.6 is 0 Å². The third-order valence-corrected chi connectivity index (χ3v) is 6.46. The fraction of sp³-hybridized carbons (Fsp3) is 0.